The molecule has 2 aromatic carbocycles. The van der Waals surface area contributed by atoms with Gasteiger partial charge in [-0.15, -0.1) is 6.58 Å². The molecule has 2 rings (SSSR count). The van der Waals surface area contributed by atoms with Crippen LogP contribution in [0.25, 0.3) is 10.8 Å². The molecule has 1 heteroatoms. The Hall–Kier alpha value is -1.60. The molecule has 0 heterocycles. The van der Waals surface area contributed by atoms with Gasteiger partial charge in [0.1, 0.15) is 0 Å². The van der Waals surface area contributed by atoms with Crippen LogP contribution in [0.5, 0.6) is 0 Å². The molecule has 0 aliphatic heterocycles. The van der Waals surface area contributed by atoms with Crippen molar-refractivity contribution in [2.75, 3.05) is 0 Å². The molecule has 0 fully saturated rings. The van der Waals surface area contributed by atoms with Gasteiger partial charge in [-0.25, -0.2) is 0 Å². The first kappa shape index (κ1) is 10.9. The van der Waals surface area contributed by atoms with Gasteiger partial charge < -0.3 is 5.11 Å². The van der Waals surface area contributed by atoms with E-state index in [9.17, 15) is 5.11 Å². The number of rotatable bonds is 3. The summed E-state index contributed by atoms with van der Waals surface area (Å²) in [6, 6.07) is 14.1. The number of hydrogen-bond donors (Lipinski definition) is 1. The van der Waals surface area contributed by atoms with Gasteiger partial charge in [-0.05, 0) is 29.7 Å². The van der Waals surface area contributed by atoms with Crippen molar-refractivity contribution in [2.45, 2.75) is 18.9 Å². The van der Waals surface area contributed by atoms with Crippen LogP contribution >= 0.6 is 0 Å². The fourth-order valence-electron chi connectivity index (χ4n) is 2.09. The molecule has 0 saturated carbocycles. The van der Waals surface area contributed by atoms with E-state index < -0.39 is 5.60 Å². The Morgan fingerprint density at radius 2 is 1.88 bits per heavy atom. The third kappa shape index (κ3) is 1.86. The highest BCUT2D eigenvalue weighted by Gasteiger charge is 2.22. The molecule has 16 heavy (non-hydrogen) atoms. The lowest BCUT2D eigenvalue weighted by Crippen LogP contribution is -2.20. The molecule has 1 nitrogen and oxygen atoms in total. The quantitative estimate of drug-likeness (QED) is 0.770. The largest absolute Gasteiger partial charge is 0.385 e. The van der Waals surface area contributed by atoms with Gasteiger partial charge in [-0.3, -0.25) is 0 Å². The van der Waals surface area contributed by atoms with Crippen LogP contribution in [0.15, 0.2) is 55.1 Å². The van der Waals surface area contributed by atoms with Crippen molar-refractivity contribution >= 4 is 10.8 Å². The average Bonchev–Trinajstić information content (AvgIpc) is 2.28. The smallest absolute Gasteiger partial charge is 0.0908 e. The second-order valence-corrected chi connectivity index (χ2v) is 4.29. The van der Waals surface area contributed by atoms with E-state index in [-0.39, 0.29) is 0 Å². The molecular formula is C15H16O. The molecule has 1 atom stereocenters. The topological polar surface area (TPSA) is 20.2 Å². The lowest BCUT2D eigenvalue weighted by atomic mass is 9.88. The summed E-state index contributed by atoms with van der Waals surface area (Å²) in [5.74, 6) is 0. The molecule has 0 bridgehead atoms. The average molecular weight is 212 g/mol. The van der Waals surface area contributed by atoms with Crippen molar-refractivity contribution in [1.82, 2.24) is 0 Å². The molecule has 0 aromatic heterocycles. The molecular weight excluding hydrogens is 196 g/mol. The van der Waals surface area contributed by atoms with Gasteiger partial charge >= 0.3 is 0 Å². The molecule has 0 aliphatic carbocycles. The summed E-state index contributed by atoms with van der Waals surface area (Å²) in [7, 11) is 0. The standard InChI is InChI=1S/C15H16O/c1-3-11-15(2,16)14-10-6-8-12-7-4-5-9-13(12)14/h3-10,16H,1,11H2,2H3/t15-/m0/s1. The van der Waals surface area contributed by atoms with Crippen LogP contribution in [-0.2, 0) is 5.60 Å². The minimum absolute atomic E-state index is 0.557. The maximum atomic E-state index is 10.4. The SMILES string of the molecule is C=CC[C@](C)(O)c1cccc2ccccc12. The highest BCUT2D eigenvalue weighted by molar-refractivity contribution is 5.86. The van der Waals surface area contributed by atoms with Gasteiger partial charge in [0.15, 0.2) is 0 Å². The maximum absolute atomic E-state index is 10.4. The van der Waals surface area contributed by atoms with Gasteiger partial charge in [0.25, 0.3) is 0 Å². The molecule has 0 radical (unpaired) electrons. The number of aliphatic hydroxyl groups is 1. The molecule has 0 aliphatic rings. The van der Waals surface area contributed by atoms with Crippen molar-refractivity contribution in [2.24, 2.45) is 0 Å². The summed E-state index contributed by atoms with van der Waals surface area (Å²) in [5, 5.41) is 12.7. The Balaban J connectivity index is 2.64. The van der Waals surface area contributed by atoms with E-state index in [1.165, 1.54) is 0 Å². The molecule has 1 N–H and O–H groups in total. The van der Waals surface area contributed by atoms with Crippen LogP contribution in [0.1, 0.15) is 18.9 Å². The normalized spacial score (nSPS) is 14.6. The zero-order valence-corrected chi connectivity index (χ0v) is 9.48. The summed E-state index contributed by atoms with van der Waals surface area (Å²) in [5.41, 5.74) is 0.119. The second kappa shape index (κ2) is 4.11. The van der Waals surface area contributed by atoms with E-state index in [0.717, 1.165) is 16.3 Å². The predicted molar refractivity (Wildman–Crippen MR) is 68.3 cm³/mol. The van der Waals surface area contributed by atoms with Crippen LogP contribution in [0.2, 0.25) is 0 Å². The summed E-state index contributed by atoms with van der Waals surface area (Å²) >= 11 is 0. The monoisotopic (exact) mass is 212 g/mol. The predicted octanol–water partition coefficient (Wildman–Crippen LogP) is 3.62. The van der Waals surface area contributed by atoms with E-state index in [1.807, 2.05) is 37.3 Å². The first-order chi connectivity index (χ1) is 7.65. The third-order valence-electron chi connectivity index (χ3n) is 2.91. The van der Waals surface area contributed by atoms with Crippen LogP contribution in [-0.4, -0.2) is 5.11 Å². The lowest BCUT2D eigenvalue weighted by Gasteiger charge is -2.23. The van der Waals surface area contributed by atoms with Crippen LogP contribution < -0.4 is 0 Å². The molecule has 0 spiro atoms. The Bertz CT molecular complexity index is 506. The fourth-order valence-corrected chi connectivity index (χ4v) is 2.09. The molecule has 0 amide bonds. The molecule has 0 unspecified atom stereocenters. The lowest BCUT2D eigenvalue weighted by molar-refractivity contribution is 0.0622. The summed E-state index contributed by atoms with van der Waals surface area (Å²) < 4.78 is 0. The van der Waals surface area contributed by atoms with Gasteiger partial charge in [0.2, 0.25) is 0 Å². The Labute approximate surface area is 96.0 Å². The zero-order chi connectivity index (χ0) is 11.6. The fraction of sp³-hybridized carbons (Fsp3) is 0.200. The van der Waals surface area contributed by atoms with Crippen molar-refractivity contribution in [3.63, 3.8) is 0 Å². The number of fused-ring (bicyclic) bond motifs is 1. The van der Waals surface area contributed by atoms with Crippen molar-refractivity contribution in [1.29, 1.82) is 0 Å². The molecule has 2 aromatic rings. The van der Waals surface area contributed by atoms with Gasteiger partial charge in [-0.2, -0.15) is 0 Å². The number of benzene rings is 2. The van der Waals surface area contributed by atoms with E-state index in [1.54, 1.807) is 6.08 Å². The third-order valence-corrected chi connectivity index (χ3v) is 2.91. The van der Waals surface area contributed by atoms with Gasteiger partial charge in [0, 0.05) is 0 Å². The highest BCUT2D eigenvalue weighted by atomic mass is 16.3. The minimum Gasteiger partial charge on any atom is -0.385 e. The first-order valence-electron chi connectivity index (χ1n) is 5.47. The second-order valence-electron chi connectivity index (χ2n) is 4.29. The van der Waals surface area contributed by atoms with Gasteiger partial charge in [0.05, 0.1) is 5.60 Å². The highest BCUT2D eigenvalue weighted by Crippen LogP contribution is 2.31. The molecule has 0 saturated heterocycles. The first-order valence-corrected chi connectivity index (χ1v) is 5.47. The molecule has 82 valence electrons. The zero-order valence-electron chi connectivity index (χ0n) is 9.48. The summed E-state index contributed by atoms with van der Waals surface area (Å²) in [6.45, 7) is 5.52. The van der Waals surface area contributed by atoms with Crippen molar-refractivity contribution in [3.05, 3.63) is 60.7 Å². The van der Waals surface area contributed by atoms with Crippen LogP contribution in [0.3, 0.4) is 0 Å². The maximum Gasteiger partial charge on any atom is 0.0908 e. The minimum atomic E-state index is -0.845. The summed E-state index contributed by atoms with van der Waals surface area (Å²) in [6.07, 6.45) is 2.31. The van der Waals surface area contributed by atoms with E-state index in [2.05, 4.69) is 18.7 Å². The Morgan fingerprint density at radius 1 is 1.19 bits per heavy atom. The Kier molecular flexibility index (Phi) is 2.80. The summed E-state index contributed by atoms with van der Waals surface area (Å²) in [4.78, 5) is 0. The van der Waals surface area contributed by atoms with Crippen LogP contribution in [0.4, 0.5) is 0 Å². The number of hydrogen-bond acceptors (Lipinski definition) is 1. The van der Waals surface area contributed by atoms with Crippen molar-refractivity contribution < 1.29 is 5.11 Å². The van der Waals surface area contributed by atoms with E-state index in [4.69, 9.17) is 0 Å². The van der Waals surface area contributed by atoms with E-state index in [0.29, 0.717) is 6.42 Å². The van der Waals surface area contributed by atoms with Crippen molar-refractivity contribution in [3.8, 4) is 0 Å². The van der Waals surface area contributed by atoms with Crippen LogP contribution in [0, 0.1) is 0 Å². The van der Waals surface area contributed by atoms with E-state index >= 15 is 0 Å². The Morgan fingerprint density at radius 3 is 2.62 bits per heavy atom. The van der Waals surface area contributed by atoms with Gasteiger partial charge in [-0.1, -0.05) is 48.5 Å².